The average Bonchev–Trinajstić information content (AvgIpc) is 2.63. The van der Waals surface area contributed by atoms with Crippen molar-refractivity contribution >= 4 is 16.7 Å². The van der Waals surface area contributed by atoms with Crippen molar-refractivity contribution in [3.63, 3.8) is 0 Å². The molecule has 3 rings (SSSR count). The van der Waals surface area contributed by atoms with Crippen molar-refractivity contribution in [2.24, 2.45) is 7.05 Å². The lowest BCUT2D eigenvalue weighted by Gasteiger charge is -2.04. The molecule has 0 radical (unpaired) electrons. The summed E-state index contributed by atoms with van der Waals surface area (Å²) in [6.45, 7) is 3.62. The molecule has 0 fully saturated rings. The average molecular weight is 229 g/mol. The topological polar surface area (TPSA) is 65.1 Å². The van der Waals surface area contributed by atoms with Crippen LogP contribution in [0.15, 0.2) is 17.1 Å². The van der Waals surface area contributed by atoms with Gasteiger partial charge in [0.15, 0.2) is 0 Å². The van der Waals surface area contributed by atoms with E-state index >= 15 is 0 Å². The van der Waals surface area contributed by atoms with Gasteiger partial charge in [-0.1, -0.05) is 0 Å². The molecule has 0 saturated heterocycles. The van der Waals surface area contributed by atoms with Gasteiger partial charge < -0.3 is 4.57 Å². The minimum absolute atomic E-state index is 0.0671. The first-order chi connectivity index (χ1) is 8.08. The minimum Gasteiger partial charge on any atom is -0.318 e. The molecule has 3 heterocycles. The zero-order valence-corrected chi connectivity index (χ0v) is 9.80. The van der Waals surface area contributed by atoms with Crippen LogP contribution in [0.5, 0.6) is 0 Å². The Morgan fingerprint density at radius 2 is 2.00 bits per heavy atom. The molecule has 0 amide bonds. The van der Waals surface area contributed by atoms with Gasteiger partial charge in [-0.3, -0.25) is 4.79 Å². The van der Waals surface area contributed by atoms with Crippen LogP contribution in [0.1, 0.15) is 11.5 Å². The van der Waals surface area contributed by atoms with Gasteiger partial charge >= 0.3 is 0 Å². The fourth-order valence-electron chi connectivity index (χ4n) is 1.98. The van der Waals surface area contributed by atoms with Crippen LogP contribution in [0.3, 0.4) is 0 Å². The van der Waals surface area contributed by atoms with E-state index in [0.717, 1.165) is 5.52 Å². The molecule has 0 bridgehead atoms. The van der Waals surface area contributed by atoms with Gasteiger partial charge in [0.1, 0.15) is 5.82 Å². The van der Waals surface area contributed by atoms with Crippen molar-refractivity contribution in [1.29, 1.82) is 0 Å². The Morgan fingerprint density at radius 3 is 2.76 bits per heavy atom. The molecule has 0 aliphatic heterocycles. The molecular formula is C11H11N5O. The van der Waals surface area contributed by atoms with Crippen molar-refractivity contribution < 1.29 is 0 Å². The summed E-state index contributed by atoms with van der Waals surface area (Å²) in [4.78, 5) is 20.6. The first kappa shape index (κ1) is 9.95. The summed E-state index contributed by atoms with van der Waals surface area (Å²) >= 11 is 0. The summed E-state index contributed by atoms with van der Waals surface area (Å²) in [6, 6.07) is 1.85. The summed E-state index contributed by atoms with van der Waals surface area (Å²) in [5.74, 6) is 1.17. The molecule has 6 nitrogen and oxygen atoms in total. The van der Waals surface area contributed by atoms with E-state index in [2.05, 4.69) is 15.1 Å². The highest BCUT2D eigenvalue weighted by Crippen LogP contribution is 2.13. The first-order valence-electron chi connectivity index (χ1n) is 5.27. The van der Waals surface area contributed by atoms with Gasteiger partial charge in [0.25, 0.3) is 11.3 Å². The molecule has 17 heavy (non-hydrogen) atoms. The van der Waals surface area contributed by atoms with Crippen molar-refractivity contribution in [3.05, 3.63) is 34.1 Å². The predicted molar refractivity (Wildman–Crippen MR) is 63.0 cm³/mol. The fraction of sp³-hybridized carbons (Fsp3) is 0.273. The number of hydrogen-bond donors (Lipinski definition) is 0. The Kier molecular flexibility index (Phi) is 1.83. The third-order valence-electron chi connectivity index (χ3n) is 2.80. The number of nitrogens with zero attached hydrogens (tertiary/aromatic N) is 5. The molecule has 86 valence electrons. The highest BCUT2D eigenvalue weighted by molar-refractivity contribution is 5.81. The highest BCUT2D eigenvalue weighted by Gasteiger charge is 2.11. The normalized spacial score (nSPS) is 11.5. The van der Waals surface area contributed by atoms with Gasteiger partial charge in [0, 0.05) is 13.2 Å². The zero-order valence-electron chi connectivity index (χ0n) is 9.80. The van der Waals surface area contributed by atoms with Crippen molar-refractivity contribution in [2.45, 2.75) is 13.8 Å². The number of fused-ring (bicyclic) bond motifs is 3. The second-order valence-corrected chi connectivity index (χ2v) is 4.06. The Labute approximate surface area is 96.5 Å². The van der Waals surface area contributed by atoms with Gasteiger partial charge in [-0.25, -0.2) is 4.98 Å². The van der Waals surface area contributed by atoms with Gasteiger partial charge in [0.05, 0.1) is 16.6 Å². The number of aryl methyl sites for hydroxylation is 3. The monoisotopic (exact) mass is 229 g/mol. The summed E-state index contributed by atoms with van der Waals surface area (Å²) < 4.78 is 3.14. The summed E-state index contributed by atoms with van der Waals surface area (Å²) in [5, 5.41) is 4.84. The number of rotatable bonds is 0. The first-order valence-corrected chi connectivity index (χ1v) is 5.27. The van der Waals surface area contributed by atoms with Gasteiger partial charge in [-0.2, -0.15) is 9.50 Å². The lowest BCUT2D eigenvalue weighted by Crippen LogP contribution is -2.18. The van der Waals surface area contributed by atoms with Crippen molar-refractivity contribution in [3.8, 4) is 0 Å². The van der Waals surface area contributed by atoms with E-state index in [0.29, 0.717) is 22.7 Å². The van der Waals surface area contributed by atoms with Crippen LogP contribution in [0.2, 0.25) is 0 Å². The van der Waals surface area contributed by atoms with Gasteiger partial charge in [-0.05, 0) is 19.9 Å². The number of hydrogen-bond acceptors (Lipinski definition) is 4. The van der Waals surface area contributed by atoms with Crippen LogP contribution in [0.25, 0.3) is 16.7 Å². The van der Waals surface area contributed by atoms with Gasteiger partial charge in [-0.15, -0.1) is 5.10 Å². The third kappa shape index (κ3) is 1.27. The molecule has 3 aromatic rings. The molecular weight excluding hydrogens is 218 g/mol. The fourth-order valence-corrected chi connectivity index (χ4v) is 1.98. The van der Waals surface area contributed by atoms with Gasteiger partial charge in [0.2, 0.25) is 0 Å². The Morgan fingerprint density at radius 1 is 1.24 bits per heavy atom. The smallest absolute Gasteiger partial charge is 0.261 e. The van der Waals surface area contributed by atoms with E-state index in [9.17, 15) is 4.79 Å². The second-order valence-electron chi connectivity index (χ2n) is 4.06. The second kappa shape index (κ2) is 3.13. The Balaban J connectivity index is 2.67. The summed E-state index contributed by atoms with van der Waals surface area (Å²) in [6.07, 6.45) is 1.72. The molecule has 0 aliphatic carbocycles. The van der Waals surface area contributed by atoms with Crippen LogP contribution in [-0.4, -0.2) is 24.1 Å². The maximum absolute atomic E-state index is 12.1. The van der Waals surface area contributed by atoms with Crippen LogP contribution in [0, 0.1) is 13.8 Å². The van der Waals surface area contributed by atoms with E-state index in [4.69, 9.17) is 0 Å². The predicted octanol–water partition coefficient (Wildman–Crippen LogP) is 0.593. The summed E-state index contributed by atoms with van der Waals surface area (Å²) in [5.41, 5.74) is 1.36. The molecule has 0 unspecified atom stereocenters. The molecule has 0 spiro atoms. The maximum atomic E-state index is 12.1. The van der Waals surface area contributed by atoms with E-state index < -0.39 is 0 Å². The molecule has 6 heteroatoms. The van der Waals surface area contributed by atoms with Crippen LogP contribution < -0.4 is 5.56 Å². The van der Waals surface area contributed by atoms with E-state index in [1.807, 2.05) is 13.0 Å². The van der Waals surface area contributed by atoms with Crippen LogP contribution in [-0.2, 0) is 7.05 Å². The molecule has 0 atom stereocenters. The minimum atomic E-state index is -0.0671. The van der Waals surface area contributed by atoms with E-state index in [-0.39, 0.29) is 5.56 Å². The molecule has 0 aromatic carbocycles. The molecule has 3 aromatic heterocycles. The Bertz CT molecular complexity index is 799. The number of pyridine rings is 1. The van der Waals surface area contributed by atoms with E-state index in [1.54, 1.807) is 24.7 Å². The highest BCUT2D eigenvalue weighted by atomic mass is 16.1. The van der Waals surface area contributed by atoms with Crippen molar-refractivity contribution in [1.82, 2.24) is 24.1 Å². The number of aromatic nitrogens is 5. The lowest BCUT2D eigenvalue weighted by molar-refractivity contribution is 0.861. The largest absolute Gasteiger partial charge is 0.318 e. The Hall–Kier alpha value is -2.24. The van der Waals surface area contributed by atoms with E-state index in [1.165, 1.54) is 4.57 Å². The quantitative estimate of drug-likeness (QED) is 0.566. The lowest BCUT2D eigenvalue weighted by atomic mass is 10.2. The maximum Gasteiger partial charge on any atom is 0.261 e. The van der Waals surface area contributed by atoms with Crippen LogP contribution in [0.4, 0.5) is 0 Å². The summed E-state index contributed by atoms with van der Waals surface area (Å²) in [7, 11) is 1.72. The standard InChI is InChI=1S/C11H11N5O/c1-6-9-8(4-5-15(3)10(9)17)16-11(12-6)13-7(2)14-16/h4-5H,1-3H3. The molecule has 0 N–H and O–H groups in total. The van der Waals surface area contributed by atoms with Crippen LogP contribution >= 0.6 is 0 Å². The zero-order chi connectivity index (χ0) is 12.2. The molecule has 0 aliphatic rings. The van der Waals surface area contributed by atoms with Crippen molar-refractivity contribution in [2.75, 3.05) is 0 Å². The molecule has 0 saturated carbocycles. The third-order valence-corrected chi connectivity index (χ3v) is 2.80. The SMILES string of the molecule is Cc1nc2nc(C)c3c(=O)n(C)ccc3n2n1.